The molecule has 0 fully saturated rings. The van der Waals surface area contributed by atoms with E-state index in [9.17, 15) is 9.59 Å². The summed E-state index contributed by atoms with van der Waals surface area (Å²) in [6.07, 6.45) is 0.724. The number of hydrazone groups is 1. The van der Waals surface area contributed by atoms with Crippen LogP contribution in [0.4, 0.5) is 0 Å². The SMILES string of the molecule is CCn1c(=O)n(CC(=O)N2CCC(c3ccccc3)=N2)c2ccccc21. The van der Waals surface area contributed by atoms with Crippen LogP contribution in [0.5, 0.6) is 0 Å². The van der Waals surface area contributed by atoms with E-state index in [1.54, 1.807) is 4.57 Å². The molecule has 0 unspecified atom stereocenters. The molecule has 6 nitrogen and oxygen atoms in total. The summed E-state index contributed by atoms with van der Waals surface area (Å²) in [5.74, 6) is -0.169. The standard InChI is InChI=1S/C20H20N4O2/c1-2-22-17-10-6-7-11-18(17)23(20(22)26)14-19(25)24-13-12-16(21-24)15-8-4-3-5-9-15/h3-11H,2,12-14H2,1H3. The summed E-state index contributed by atoms with van der Waals surface area (Å²) in [6, 6.07) is 17.4. The van der Waals surface area contributed by atoms with Gasteiger partial charge in [0.2, 0.25) is 0 Å². The topological polar surface area (TPSA) is 59.6 Å². The Morgan fingerprint density at radius 3 is 2.35 bits per heavy atom. The molecule has 0 N–H and O–H groups in total. The van der Waals surface area contributed by atoms with Crippen molar-refractivity contribution in [1.29, 1.82) is 0 Å². The minimum absolute atomic E-state index is 0.00207. The average molecular weight is 348 g/mol. The van der Waals surface area contributed by atoms with Crippen molar-refractivity contribution in [1.82, 2.24) is 14.1 Å². The number of hydrogen-bond acceptors (Lipinski definition) is 3. The molecular weight excluding hydrogens is 328 g/mol. The Kier molecular flexibility index (Phi) is 4.16. The lowest BCUT2D eigenvalue weighted by Crippen LogP contribution is -2.33. The normalized spacial score (nSPS) is 14.0. The molecule has 0 saturated carbocycles. The Morgan fingerprint density at radius 2 is 1.65 bits per heavy atom. The van der Waals surface area contributed by atoms with E-state index in [-0.39, 0.29) is 18.1 Å². The predicted molar refractivity (Wildman–Crippen MR) is 101 cm³/mol. The molecule has 3 aromatic rings. The molecule has 132 valence electrons. The van der Waals surface area contributed by atoms with Crippen LogP contribution in [0.3, 0.4) is 0 Å². The molecule has 6 heteroatoms. The Labute approximate surface area is 151 Å². The van der Waals surface area contributed by atoms with Crippen molar-refractivity contribution in [2.24, 2.45) is 5.10 Å². The summed E-state index contributed by atoms with van der Waals surface area (Å²) in [5, 5.41) is 5.95. The monoisotopic (exact) mass is 348 g/mol. The number of hydrogen-bond donors (Lipinski definition) is 0. The van der Waals surface area contributed by atoms with Gasteiger partial charge < -0.3 is 0 Å². The van der Waals surface area contributed by atoms with Crippen LogP contribution in [0.2, 0.25) is 0 Å². The van der Waals surface area contributed by atoms with Gasteiger partial charge in [0, 0.05) is 13.0 Å². The number of benzene rings is 2. The molecule has 0 spiro atoms. The first-order valence-corrected chi connectivity index (χ1v) is 8.80. The zero-order chi connectivity index (χ0) is 18.1. The molecule has 4 rings (SSSR count). The second kappa shape index (κ2) is 6.63. The van der Waals surface area contributed by atoms with Gasteiger partial charge in [0.25, 0.3) is 5.91 Å². The fourth-order valence-corrected chi connectivity index (χ4v) is 3.42. The van der Waals surface area contributed by atoms with Crippen LogP contribution in [0, 0.1) is 0 Å². The van der Waals surface area contributed by atoms with Crippen molar-refractivity contribution in [3.05, 3.63) is 70.6 Å². The van der Waals surface area contributed by atoms with Gasteiger partial charge in [0.1, 0.15) is 6.54 Å². The van der Waals surface area contributed by atoms with Crippen LogP contribution >= 0.6 is 0 Å². The smallest absolute Gasteiger partial charge is 0.292 e. The molecule has 1 amide bonds. The lowest BCUT2D eigenvalue weighted by molar-refractivity contribution is -0.131. The summed E-state index contributed by atoms with van der Waals surface area (Å²) in [7, 11) is 0. The van der Waals surface area contributed by atoms with Gasteiger partial charge in [-0.15, -0.1) is 0 Å². The Balaban J connectivity index is 1.62. The van der Waals surface area contributed by atoms with E-state index in [1.807, 2.05) is 61.5 Å². The lowest BCUT2D eigenvalue weighted by atomic mass is 10.1. The first-order valence-electron chi connectivity index (χ1n) is 8.80. The summed E-state index contributed by atoms with van der Waals surface area (Å²) in [4.78, 5) is 25.4. The number of amides is 1. The first-order chi connectivity index (χ1) is 12.7. The largest absolute Gasteiger partial charge is 0.329 e. The fourth-order valence-electron chi connectivity index (χ4n) is 3.42. The predicted octanol–water partition coefficient (Wildman–Crippen LogP) is 2.46. The number of para-hydroxylation sites is 2. The minimum atomic E-state index is -0.169. The zero-order valence-electron chi connectivity index (χ0n) is 14.6. The van der Waals surface area contributed by atoms with Crippen LogP contribution in [-0.4, -0.2) is 32.3 Å². The highest BCUT2D eigenvalue weighted by Gasteiger charge is 2.23. The highest BCUT2D eigenvalue weighted by atomic mass is 16.2. The van der Waals surface area contributed by atoms with Crippen LogP contribution < -0.4 is 5.69 Å². The Bertz CT molecular complexity index is 1050. The number of carbonyl (C=O) groups excluding carboxylic acids is 1. The maximum absolute atomic E-state index is 12.7. The molecule has 0 radical (unpaired) electrons. The highest BCUT2D eigenvalue weighted by Crippen LogP contribution is 2.16. The van der Waals surface area contributed by atoms with Gasteiger partial charge in [-0.3, -0.25) is 13.9 Å². The maximum Gasteiger partial charge on any atom is 0.329 e. The van der Waals surface area contributed by atoms with Gasteiger partial charge in [-0.2, -0.15) is 5.10 Å². The van der Waals surface area contributed by atoms with Crippen molar-refractivity contribution >= 4 is 22.7 Å². The van der Waals surface area contributed by atoms with Gasteiger partial charge >= 0.3 is 5.69 Å². The summed E-state index contributed by atoms with van der Waals surface area (Å²) < 4.78 is 3.22. The molecule has 0 atom stereocenters. The van der Waals surface area contributed by atoms with E-state index in [0.29, 0.717) is 13.1 Å². The van der Waals surface area contributed by atoms with E-state index in [4.69, 9.17) is 0 Å². The number of aromatic nitrogens is 2. The van der Waals surface area contributed by atoms with Gasteiger partial charge in [0.15, 0.2) is 0 Å². The maximum atomic E-state index is 12.7. The van der Waals surface area contributed by atoms with Gasteiger partial charge in [-0.1, -0.05) is 42.5 Å². The molecule has 1 aliphatic rings. The van der Waals surface area contributed by atoms with E-state index >= 15 is 0 Å². The van der Waals surface area contributed by atoms with E-state index < -0.39 is 0 Å². The molecule has 2 aromatic carbocycles. The number of aryl methyl sites for hydroxylation is 1. The highest BCUT2D eigenvalue weighted by molar-refractivity contribution is 6.02. The third-order valence-corrected chi connectivity index (χ3v) is 4.73. The number of nitrogens with zero attached hydrogens (tertiary/aromatic N) is 4. The summed E-state index contributed by atoms with van der Waals surface area (Å²) in [6.45, 7) is 3.04. The van der Waals surface area contributed by atoms with Crippen molar-refractivity contribution in [3.63, 3.8) is 0 Å². The third kappa shape index (κ3) is 2.73. The molecule has 1 aliphatic heterocycles. The second-order valence-corrected chi connectivity index (χ2v) is 6.28. The molecule has 0 bridgehead atoms. The van der Waals surface area contributed by atoms with Gasteiger partial charge in [-0.05, 0) is 24.6 Å². The quantitative estimate of drug-likeness (QED) is 0.727. The lowest BCUT2D eigenvalue weighted by Gasteiger charge is -2.11. The molecule has 0 saturated heterocycles. The average Bonchev–Trinajstić information content (AvgIpc) is 3.27. The van der Waals surface area contributed by atoms with Gasteiger partial charge in [-0.25, -0.2) is 9.80 Å². The third-order valence-electron chi connectivity index (χ3n) is 4.73. The summed E-state index contributed by atoms with van der Waals surface area (Å²) in [5.41, 5.74) is 3.40. The van der Waals surface area contributed by atoms with Gasteiger partial charge in [0.05, 0.1) is 23.3 Å². The van der Waals surface area contributed by atoms with E-state index in [0.717, 1.165) is 28.7 Å². The number of carbonyl (C=O) groups is 1. The summed E-state index contributed by atoms with van der Waals surface area (Å²) >= 11 is 0. The van der Waals surface area contributed by atoms with Crippen molar-refractivity contribution in [3.8, 4) is 0 Å². The molecule has 26 heavy (non-hydrogen) atoms. The van der Waals surface area contributed by atoms with E-state index in [2.05, 4.69) is 5.10 Å². The Morgan fingerprint density at radius 1 is 1.00 bits per heavy atom. The number of rotatable bonds is 4. The Hall–Kier alpha value is -3.15. The molecule has 0 aliphatic carbocycles. The van der Waals surface area contributed by atoms with Crippen molar-refractivity contribution in [2.45, 2.75) is 26.4 Å². The van der Waals surface area contributed by atoms with Crippen LogP contribution in [0.1, 0.15) is 18.9 Å². The van der Waals surface area contributed by atoms with Crippen LogP contribution in [0.15, 0.2) is 64.5 Å². The second-order valence-electron chi connectivity index (χ2n) is 6.28. The van der Waals surface area contributed by atoms with E-state index in [1.165, 1.54) is 9.58 Å². The zero-order valence-corrected chi connectivity index (χ0v) is 14.6. The molecule has 1 aromatic heterocycles. The van der Waals surface area contributed by atoms with Crippen molar-refractivity contribution < 1.29 is 4.79 Å². The van der Waals surface area contributed by atoms with Crippen LogP contribution in [0.25, 0.3) is 11.0 Å². The van der Waals surface area contributed by atoms with Crippen molar-refractivity contribution in [2.75, 3.05) is 6.54 Å². The van der Waals surface area contributed by atoms with Crippen LogP contribution in [-0.2, 0) is 17.9 Å². The molecular formula is C20H20N4O2. The fraction of sp³-hybridized carbons (Fsp3) is 0.250. The number of imidazole rings is 1. The minimum Gasteiger partial charge on any atom is -0.292 e. The first kappa shape index (κ1) is 16.3. The number of fused-ring (bicyclic) bond motifs is 1. The molecule has 2 heterocycles.